The zero-order chi connectivity index (χ0) is 27.0. The summed E-state index contributed by atoms with van der Waals surface area (Å²) in [5.74, 6) is -0.221. The van der Waals surface area contributed by atoms with Gasteiger partial charge in [0.05, 0.1) is 12.6 Å². The summed E-state index contributed by atoms with van der Waals surface area (Å²) >= 11 is 0. The number of carbonyl (C=O) groups is 2. The predicted molar refractivity (Wildman–Crippen MR) is 143 cm³/mol. The number of amides is 3. The van der Waals surface area contributed by atoms with Gasteiger partial charge >= 0.3 is 6.03 Å². The number of urea groups is 1. The molecule has 2 aromatic carbocycles. The number of benzene rings is 2. The number of aryl methyl sites for hydroxylation is 1. The molecule has 0 bridgehead atoms. The van der Waals surface area contributed by atoms with Gasteiger partial charge in [-0.3, -0.25) is 14.8 Å². The number of carbonyl (C=O) groups excluding carboxylic acids is 2. The number of para-hydroxylation sites is 1. The summed E-state index contributed by atoms with van der Waals surface area (Å²) in [5.41, 5.74) is 1.79. The maximum absolute atomic E-state index is 14.5. The topological polar surface area (TPSA) is 81.8 Å². The molecular weight excluding hydrogens is 485 g/mol. The maximum atomic E-state index is 14.5. The first kappa shape index (κ1) is 25.8. The fourth-order valence-corrected chi connectivity index (χ4v) is 5.95. The Labute approximate surface area is 222 Å². The van der Waals surface area contributed by atoms with Gasteiger partial charge in [0.25, 0.3) is 5.91 Å². The van der Waals surface area contributed by atoms with Crippen LogP contribution in [0, 0.1) is 5.82 Å². The second-order valence-electron chi connectivity index (χ2n) is 10.4. The third-order valence-electron chi connectivity index (χ3n) is 7.70. The fourth-order valence-electron chi connectivity index (χ4n) is 5.95. The number of aromatic nitrogens is 2. The molecule has 3 heterocycles. The molecule has 2 fully saturated rings. The number of rotatable bonds is 7. The minimum absolute atomic E-state index is 0.0797. The average molecular weight is 520 g/mol. The highest BCUT2D eigenvalue weighted by molar-refractivity contribution is 5.98. The Morgan fingerprint density at radius 1 is 1.18 bits per heavy atom. The van der Waals surface area contributed by atoms with E-state index in [0.717, 1.165) is 24.1 Å². The number of nitrogens with one attached hydrogen (secondary N) is 1. The molecule has 1 unspecified atom stereocenters. The van der Waals surface area contributed by atoms with E-state index in [0.29, 0.717) is 30.2 Å². The van der Waals surface area contributed by atoms with Crippen molar-refractivity contribution in [2.75, 3.05) is 31.6 Å². The Morgan fingerprint density at radius 2 is 1.97 bits per heavy atom. The molecule has 1 N–H and O–H groups in total. The summed E-state index contributed by atoms with van der Waals surface area (Å²) in [6, 6.07) is 15.3. The number of ether oxygens (including phenoxy) is 1. The monoisotopic (exact) mass is 519 g/mol. The van der Waals surface area contributed by atoms with Gasteiger partial charge in [-0.25, -0.2) is 9.18 Å². The highest BCUT2D eigenvalue weighted by Gasteiger charge is 2.61. The van der Waals surface area contributed by atoms with Crippen molar-refractivity contribution in [3.8, 4) is 5.75 Å². The zero-order valence-corrected chi connectivity index (χ0v) is 22.3. The van der Waals surface area contributed by atoms with Crippen LogP contribution in [0.4, 0.5) is 14.9 Å². The van der Waals surface area contributed by atoms with Crippen molar-refractivity contribution in [3.05, 3.63) is 77.4 Å². The van der Waals surface area contributed by atoms with Crippen LogP contribution >= 0.6 is 0 Å². The van der Waals surface area contributed by atoms with Gasteiger partial charge in [0.15, 0.2) is 0 Å². The van der Waals surface area contributed by atoms with Crippen LogP contribution < -0.4 is 9.64 Å². The van der Waals surface area contributed by atoms with Crippen LogP contribution in [-0.2, 0) is 6.42 Å². The summed E-state index contributed by atoms with van der Waals surface area (Å²) < 4.78 is 20.2. The molecule has 0 aliphatic carbocycles. The quantitative estimate of drug-likeness (QED) is 0.484. The highest BCUT2D eigenvalue weighted by atomic mass is 19.1. The first-order valence-electron chi connectivity index (χ1n) is 13.1. The van der Waals surface area contributed by atoms with E-state index in [-0.39, 0.29) is 30.4 Å². The van der Waals surface area contributed by atoms with Crippen molar-refractivity contribution in [3.63, 3.8) is 0 Å². The first-order chi connectivity index (χ1) is 18.3. The largest absolute Gasteiger partial charge is 0.496 e. The van der Waals surface area contributed by atoms with Crippen molar-refractivity contribution >= 4 is 17.6 Å². The van der Waals surface area contributed by atoms with Crippen molar-refractivity contribution in [1.29, 1.82) is 0 Å². The molecule has 38 heavy (non-hydrogen) atoms. The smallest absolute Gasteiger partial charge is 0.325 e. The van der Waals surface area contributed by atoms with Crippen LogP contribution in [0.3, 0.4) is 0 Å². The van der Waals surface area contributed by atoms with Gasteiger partial charge < -0.3 is 14.5 Å². The molecule has 2 saturated heterocycles. The molecule has 0 saturated carbocycles. The van der Waals surface area contributed by atoms with Crippen LogP contribution in [-0.4, -0.2) is 70.3 Å². The Balaban J connectivity index is 1.64. The standard InChI is InChI=1S/C29H34FN5O3/c1-5-9-21-15-25(32-31-21)27(36)33-16-24(23-12-6-7-13-26(23)38-4)29(17-33)18-34(19(2)3)28(37)35(29)22-11-8-10-20(30)14-22/h6-8,10-15,19,24H,5,9,16-18H2,1-4H3,(H,31,32)/t24?,29-/m1/s1. The van der Waals surface area contributed by atoms with Crippen LogP contribution in [0.2, 0.25) is 0 Å². The summed E-state index contributed by atoms with van der Waals surface area (Å²) in [7, 11) is 1.62. The molecule has 9 heteroatoms. The number of hydrogen-bond donors (Lipinski definition) is 1. The molecule has 2 aliphatic heterocycles. The summed E-state index contributed by atoms with van der Waals surface area (Å²) in [4.78, 5) is 33.0. The van der Waals surface area contributed by atoms with Gasteiger partial charge in [-0.1, -0.05) is 37.6 Å². The van der Waals surface area contributed by atoms with Crippen LogP contribution in [0.15, 0.2) is 54.6 Å². The second kappa shape index (κ2) is 10.1. The Kier molecular flexibility index (Phi) is 6.86. The molecule has 3 amide bonds. The van der Waals surface area contributed by atoms with Gasteiger partial charge in [0.2, 0.25) is 0 Å². The van der Waals surface area contributed by atoms with E-state index < -0.39 is 11.4 Å². The van der Waals surface area contributed by atoms with Crippen molar-refractivity contribution in [2.24, 2.45) is 0 Å². The summed E-state index contributed by atoms with van der Waals surface area (Å²) in [6.45, 7) is 7.03. The molecule has 1 spiro atoms. The van der Waals surface area contributed by atoms with E-state index in [1.165, 1.54) is 12.1 Å². The number of hydrogen-bond acceptors (Lipinski definition) is 4. The molecular formula is C29H34FN5O3. The number of methoxy groups -OCH3 is 1. The summed E-state index contributed by atoms with van der Waals surface area (Å²) in [6.07, 6.45) is 1.74. The third-order valence-corrected chi connectivity index (χ3v) is 7.70. The van der Waals surface area contributed by atoms with E-state index in [9.17, 15) is 14.0 Å². The third kappa shape index (κ3) is 4.29. The van der Waals surface area contributed by atoms with E-state index in [2.05, 4.69) is 17.1 Å². The molecule has 0 radical (unpaired) electrons. The van der Waals surface area contributed by atoms with Crippen molar-refractivity contribution < 1.29 is 18.7 Å². The van der Waals surface area contributed by atoms with E-state index >= 15 is 0 Å². The van der Waals surface area contributed by atoms with Gasteiger partial charge in [0, 0.05) is 48.5 Å². The zero-order valence-electron chi connectivity index (χ0n) is 22.3. The molecule has 2 aliphatic rings. The van der Waals surface area contributed by atoms with Crippen molar-refractivity contribution in [2.45, 2.75) is 51.1 Å². The Morgan fingerprint density at radius 3 is 2.68 bits per heavy atom. The van der Waals surface area contributed by atoms with Crippen LogP contribution in [0.25, 0.3) is 0 Å². The second-order valence-corrected chi connectivity index (χ2v) is 10.4. The molecule has 8 nitrogen and oxygen atoms in total. The lowest BCUT2D eigenvalue weighted by Crippen LogP contribution is -2.53. The lowest BCUT2D eigenvalue weighted by Gasteiger charge is -2.38. The Hall–Kier alpha value is -3.88. The highest BCUT2D eigenvalue weighted by Crippen LogP contribution is 2.49. The minimum Gasteiger partial charge on any atom is -0.496 e. The molecule has 5 rings (SSSR count). The van der Waals surface area contributed by atoms with Gasteiger partial charge in [-0.2, -0.15) is 5.10 Å². The molecule has 200 valence electrons. The number of halogens is 1. The van der Waals surface area contributed by atoms with E-state index in [1.54, 1.807) is 40.0 Å². The maximum Gasteiger partial charge on any atom is 0.325 e. The average Bonchev–Trinajstić information content (AvgIpc) is 3.60. The SMILES string of the molecule is CCCc1cc(C(=O)N2CC(c3ccccc3OC)[C@@]3(C2)CN(C(C)C)C(=O)N3c2cccc(F)c2)n[nH]1. The number of H-pyrrole nitrogens is 1. The molecule has 1 aromatic heterocycles. The number of nitrogens with zero attached hydrogens (tertiary/aromatic N) is 4. The van der Waals surface area contributed by atoms with Gasteiger partial charge in [-0.15, -0.1) is 0 Å². The number of aromatic amines is 1. The van der Waals surface area contributed by atoms with E-state index in [1.807, 2.05) is 38.1 Å². The normalized spacial score (nSPS) is 21.3. The molecule has 3 aromatic rings. The lowest BCUT2D eigenvalue weighted by molar-refractivity contribution is 0.0777. The lowest BCUT2D eigenvalue weighted by atomic mass is 9.80. The number of likely N-dealkylation sites (tertiary alicyclic amines) is 1. The predicted octanol–water partition coefficient (Wildman–Crippen LogP) is 4.84. The summed E-state index contributed by atoms with van der Waals surface area (Å²) in [5, 5.41) is 7.26. The van der Waals surface area contributed by atoms with Gasteiger partial charge in [0.1, 0.15) is 17.3 Å². The Bertz CT molecular complexity index is 1340. The van der Waals surface area contributed by atoms with E-state index in [4.69, 9.17) is 4.74 Å². The van der Waals surface area contributed by atoms with Crippen LogP contribution in [0.1, 0.15) is 54.9 Å². The fraction of sp³-hybridized carbons (Fsp3) is 0.414. The van der Waals surface area contributed by atoms with Gasteiger partial charge in [-0.05, 0) is 50.6 Å². The van der Waals surface area contributed by atoms with Crippen molar-refractivity contribution in [1.82, 2.24) is 20.0 Å². The van der Waals surface area contributed by atoms with Crippen LogP contribution in [0.5, 0.6) is 5.75 Å². The molecule has 2 atom stereocenters. The number of anilines is 1. The first-order valence-corrected chi connectivity index (χ1v) is 13.1. The minimum atomic E-state index is -0.845.